The van der Waals surface area contributed by atoms with Gasteiger partial charge < -0.3 is 5.32 Å². The van der Waals surface area contributed by atoms with Crippen molar-refractivity contribution in [2.45, 2.75) is 64.5 Å². The third-order valence-corrected chi connectivity index (χ3v) is 5.05. The molecule has 0 aromatic carbocycles. The van der Waals surface area contributed by atoms with Crippen molar-refractivity contribution >= 4 is 0 Å². The highest BCUT2D eigenvalue weighted by Crippen LogP contribution is 2.35. The van der Waals surface area contributed by atoms with Crippen LogP contribution in [0.3, 0.4) is 0 Å². The predicted octanol–water partition coefficient (Wildman–Crippen LogP) is 3.87. The van der Waals surface area contributed by atoms with Crippen LogP contribution in [-0.2, 0) is 6.42 Å². The Morgan fingerprint density at radius 1 is 1.21 bits per heavy atom. The summed E-state index contributed by atoms with van der Waals surface area (Å²) in [7, 11) is 0. The van der Waals surface area contributed by atoms with Crippen LogP contribution in [0.25, 0.3) is 0 Å². The zero-order chi connectivity index (χ0) is 13.2. The molecule has 0 bridgehead atoms. The highest BCUT2D eigenvalue weighted by Gasteiger charge is 2.32. The maximum Gasteiger partial charge on any atom is 0.0605 e. The quantitative estimate of drug-likeness (QED) is 0.890. The van der Waals surface area contributed by atoms with Gasteiger partial charge in [0.15, 0.2) is 0 Å². The Kier molecular flexibility index (Phi) is 3.88. The normalized spacial score (nSPS) is 30.6. The second-order valence-electron chi connectivity index (χ2n) is 6.60. The van der Waals surface area contributed by atoms with Gasteiger partial charge in [0.2, 0.25) is 0 Å². The fourth-order valence-corrected chi connectivity index (χ4v) is 4.00. The molecule has 1 fully saturated rings. The molecule has 3 rings (SSSR count). The van der Waals surface area contributed by atoms with Crippen LogP contribution in [0.2, 0.25) is 0 Å². The first-order valence-corrected chi connectivity index (χ1v) is 7.95. The fourth-order valence-electron chi connectivity index (χ4n) is 4.00. The number of aromatic nitrogens is 1. The Bertz CT molecular complexity index is 427. The maximum absolute atomic E-state index is 4.61. The monoisotopic (exact) mass is 258 g/mol. The summed E-state index contributed by atoms with van der Waals surface area (Å²) in [4.78, 5) is 4.61. The van der Waals surface area contributed by atoms with Crippen LogP contribution in [0.15, 0.2) is 18.3 Å². The van der Waals surface area contributed by atoms with Crippen LogP contribution in [0.4, 0.5) is 0 Å². The van der Waals surface area contributed by atoms with E-state index in [2.05, 4.69) is 36.3 Å². The Morgan fingerprint density at radius 3 is 2.89 bits per heavy atom. The van der Waals surface area contributed by atoms with E-state index in [0.717, 1.165) is 11.8 Å². The predicted molar refractivity (Wildman–Crippen MR) is 79.0 cm³/mol. The average molecular weight is 258 g/mol. The third kappa shape index (κ3) is 2.69. The molecule has 2 aliphatic carbocycles. The van der Waals surface area contributed by atoms with E-state index >= 15 is 0 Å². The van der Waals surface area contributed by atoms with Gasteiger partial charge in [-0.15, -0.1) is 0 Å². The largest absolute Gasteiger partial charge is 0.306 e. The fraction of sp³-hybridized carbons (Fsp3) is 0.706. The Morgan fingerprint density at radius 2 is 2.05 bits per heavy atom. The number of aryl methyl sites for hydroxylation is 1. The van der Waals surface area contributed by atoms with Crippen LogP contribution in [-0.4, -0.2) is 11.0 Å². The number of nitrogens with zero attached hydrogens (tertiary/aromatic N) is 1. The molecule has 3 unspecified atom stereocenters. The zero-order valence-electron chi connectivity index (χ0n) is 12.2. The van der Waals surface area contributed by atoms with Gasteiger partial charge in [-0.2, -0.15) is 0 Å². The first-order valence-electron chi connectivity index (χ1n) is 7.95. The molecule has 1 aromatic heterocycles. The minimum Gasteiger partial charge on any atom is -0.306 e. The van der Waals surface area contributed by atoms with E-state index in [9.17, 15) is 0 Å². The van der Waals surface area contributed by atoms with E-state index in [1.54, 1.807) is 0 Å². The van der Waals surface area contributed by atoms with E-state index < -0.39 is 0 Å². The molecular formula is C17H26N2. The first-order chi connectivity index (χ1) is 9.25. The minimum absolute atomic E-state index is 0.501. The van der Waals surface area contributed by atoms with E-state index in [0.29, 0.717) is 12.1 Å². The molecule has 19 heavy (non-hydrogen) atoms. The molecule has 1 aromatic rings. The van der Waals surface area contributed by atoms with Gasteiger partial charge in [0.1, 0.15) is 0 Å². The molecule has 0 aliphatic heterocycles. The second kappa shape index (κ2) is 5.62. The SMILES string of the molecule is CC(C)C1CCCCC1NC1CCc2cccnc21. The molecule has 104 valence electrons. The Balaban J connectivity index is 1.71. The Hall–Kier alpha value is -0.890. The van der Waals surface area contributed by atoms with Crippen molar-refractivity contribution in [3.05, 3.63) is 29.6 Å². The highest BCUT2D eigenvalue weighted by atomic mass is 15.0. The summed E-state index contributed by atoms with van der Waals surface area (Å²) in [6.45, 7) is 4.76. The van der Waals surface area contributed by atoms with E-state index in [4.69, 9.17) is 0 Å². The lowest BCUT2D eigenvalue weighted by Gasteiger charge is -2.36. The topological polar surface area (TPSA) is 24.9 Å². The van der Waals surface area contributed by atoms with Gasteiger partial charge in [0, 0.05) is 12.2 Å². The van der Waals surface area contributed by atoms with Crippen molar-refractivity contribution in [3.63, 3.8) is 0 Å². The standard InChI is InChI=1S/C17H26N2/c1-12(2)14-7-3-4-8-15(14)19-16-10-9-13-6-5-11-18-17(13)16/h5-6,11-12,14-16,19H,3-4,7-10H2,1-2H3. The zero-order valence-corrected chi connectivity index (χ0v) is 12.2. The van der Waals surface area contributed by atoms with Gasteiger partial charge in [0.25, 0.3) is 0 Å². The molecule has 0 radical (unpaired) electrons. The smallest absolute Gasteiger partial charge is 0.0605 e. The number of nitrogens with one attached hydrogen (secondary N) is 1. The van der Waals surface area contributed by atoms with Gasteiger partial charge in [-0.3, -0.25) is 4.98 Å². The third-order valence-electron chi connectivity index (χ3n) is 5.05. The highest BCUT2D eigenvalue weighted by molar-refractivity contribution is 5.28. The molecule has 1 saturated carbocycles. The summed E-state index contributed by atoms with van der Waals surface area (Å²) in [6.07, 6.45) is 9.93. The minimum atomic E-state index is 0.501. The summed E-state index contributed by atoms with van der Waals surface area (Å²) in [5.41, 5.74) is 2.77. The molecular weight excluding hydrogens is 232 g/mol. The molecule has 0 amide bonds. The summed E-state index contributed by atoms with van der Waals surface area (Å²) in [5.74, 6) is 1.64. The van der Waals surface area contributed by atoms with Crippen molar-refractivity contribution in [1.82, 2.24) is 10.3 Å². The molecule has 0 saturated heterocycles. The summed E-state index contributed by atoms with van der Waals surface area (Å²) < 4.78 is 0. The second-order valence-corrected chi connectivity index (χ2v) is 6.60. The first kappa shape index (κ1) is 13.1. The van der Waals surface area contributed by atoms with Gasteiger partial charge in [0.05, 0.1) is 11.7 Å². The molecule has 1 N–H and O–H groups in total. The maximum atomic E-state index is 4.61. The van der Waals surface area contributed by atoms with Crippen molar-refractivity contribution in [2.24, 2.45) is 11.8 Å². The van der Waals surface area contributed by atoms with E-state index in [1.165, 1.54) is 49.8 Å². The van der Waals surface area contributed by atoms with Crippen LogP contribution in [0.5, 0.6) is 0 Å². The van der Waals surface area contributed by atoms with Gasteiger partial charge >= 0.3 is 0 Å². The molecule has 2 aliphatic rings. The lowest BCUT2D eigenvalue weighted by molar-refractivity contribution is 0.191. The summed E-state index contributed by atoms with van der Waals surface area (Å²) in [5, 5.41) is 3.94. The molecule has 2 nitrogen and oxygen atoms in total. The van der Waals surface area contributed by atoms with Crippen molar-refractivity contribution in [2.75, 3.05) is 0 Å². The van der Waals surface area contributed by atoms with Crippen LogP contribution in [0.1, 0.15) is 63.3 Å². The van der Waals surface area contributed by atoms with Crippen molar-refractivity contribution < 1.29 is 0 Å². The molecule has 3 atom stereocenters. The lowest BCUT2D eigenvalue weighted by Crippen LogP contribution is -2.42. The van der Waals surface area contributed by atoms with Crippen LogP contribution < -0.4 is 5.32 Å². The average Bonchev–Trinajstić information content (AvgIpc) is 2.83. The van der Waals surface area contributed by atoms with Crippen LogP contribution >= 0.6 is 0 Å². The summed E-state index contributed by atoms with van der Waals surface area (Å²) >= 11 is 0. The number of hydrogen-bond acceptors (Lipinski definition) is 2. The van der Waals surface area contributed by atoms with Crippen molar-refractivity contribution in [1.29, 1.82) is 0 Å². The summed E-state index contributed by atoms with van der Waals surface area (Å²) in [6, 6.07) is 5.51. The van der Waals surface area contributed by atoms with Gasteiger partial charge in [-0.05, 0) is 49.1 Å². The number of pyridine rings is 1. The number of hydrogen-bond donors (Lipinski definition) is 1. The van der Waals surface area contributed by atoms with Gasteiger partial charge in [-0.25, -0.2) is 0 Å². The van der Waals surface area contributed by atoms with Gasteiger partial charge in [-0.1, -0.05) is 32.8 Å². The van der Waals surface area contributed by atoms with E-state index in [-0.39, 0.29) is 0 Å². The van der Waals surface area contributed by atoms with Crippen molar-refractivity contribution in [3.8, 4) is 0 Å². The Labute approximate surface area is 117 Å². The molecule has 2 heteroatoms. The van der Waals surface area contributed by atoms with E-state index in [1.807, 2.05) is 6.20 Å². The molecule has 1 heterocycles. The number of rotatable bonds is 3. The lowest BCUT2D eigenvalue weighted by atomic mass is 9.77. The molecule has 0 spiro atoms. The van der Waals surface area contributed by atoms with Crippen LogP contribution in [0, 0.1) is 11.8 Å². The number of fused-ring (bicyclic) bond motifs is 1.